The topological polar surface area (TPSA) is 61.8 Å². The lowest BCUT2D eigenvalue weighted by Crippen LogP contribution is -2.08. The van der Waals surface area contributed by atoms with Crippen molar-refractivity contribution >= 4 is 33.5 Å². The minimum Gasteiger partial charge on any atom is -0.497 e. The monoisotopic (exact) mass is 406 g/mol. The molecule has 0 unspecified atom stereocenters. The average molecular weight is 407 g/mol. The summed E-state index contributed by atoms with van der Waals surface area (Å²) in [4.78, 5) is 23.7. The maximum atomic E-state index is 11.9. The van der Waals surface area contributed by atoms with E-state index >= 15 is 0 Å². The number of esters is 2. The third-order valence-corrected chi connectivity index (χ3v) is 5.83. The van der Waals surface area contributed by atoms with E-state index in [0.717, 1.165) is 5.56 Å². The van der Waals surface area contributed by atoms with Gasteiger partial charge in [0.1, 0.15) is 19.0 Å². The SMILES string of the molecule is COc1ccc(C(=O)OCCSSCCOC(=O)c2ccc(C)cc2)cc1. The van der Waals surface area contributed by atoms with Crippen molar-refractivity contribution in [1.82, 2.24) is 0 Å². The number of carbonyl (C=O) groups excluding carboxylic acids is 2. The molecule has 0 radical (unpaired) electrons. The van der Waals surface area contributed by atoms with Crippen LogP contribution in [0.4, 0.5) is 0 Å². The summed E-state index contributed by atoms with van der Waals surface area (Å²) in [6.45, 7) is 2.64. The van der Waals surface area contributed by atoms with E-state index in [1.54, 1.807) is 65.1 Å². The van der Waals surface area contributed by atoms with Crippen molar-refractivity contribution in [2.75, 3.05) is 31.8 Å². The number of hydrogen-bond acceptors (Lipinski definition) is 7. The van der Waals surface area contributed by atoms with E-state index in [4.69, 9.17) is 14.2 Å². The third kappa shape index (κ3) is 7.56. The molecule has 2 rings (SSSR count). The second-order valence-electron chi connectivity index (χ2n) is 5.51. The summed E-state index contributed by atoms with van der Waals surface area (Å²) in [5.41, 5.74) is 2.16. The number of benzene rings is 2. The normalized spacial score (nSPS) is 10.3. The van der Waals surface area contributed by atoms with Gasteiger partial charge in [-0.3, -0.25) is 0 Å². The Bertz CT molecular complexity index is 729. The molecule has 0 N–H and O–H groups in total. The fourth-order valence-corrected chi connectivity index (χ4v) is 3.69. The van der Waals surface area contributed by atoms with Crippen LogP contribution < -0.4 is 4.74 Å². The molecule has 0 saturated heterocycles. The first-order chi connectivity index (χ1) is 13.1. The third-order valence-electron chi connectivity index (χ3n) is 3.50. The largest absolute Gasteiger partial charge is 0.497 e. The van der Waals surface area contributed by atoms with Crippen molar-refractivity contribution in [1.29, 1.82) is 0 Å². The maximum absolute atomic E-state index is 11.9. The zero-order chi connectivity index (χ0) is 19.5. The van der Waals surface area contributed by atoms with Gasteiger partial charge >= 0.3 is 11.9 Å². The number of carbonyl (C=O) groups is 2. The summed E-state index contributed by atoms with van der Waals surface area (Å²) in [7, 11) is 4.73. The van der Waals surface area contributed by atoms with Crippen LogP contribution in [0.25, 0.3) is 0 Å². The van der Waals surface area contributed by atoms with Crippen molar-refractivity contribution in [2.45, 2.75) is 6.92 Å². The lowest BCUT2D eigenvalue weighted by atomic mass is 10.1. The standard InChI is InChI=1S/C20H22O5S2/c1-15-3-5-16(6-4-15)19(21)24-11-13-26-27-14-12-25-20(22)17-7-9-18(23-2)10-8-17/h3-10H,11-14H2,1-2H3. The lowest BCUT2D eigenvalue weighted by Gasteiger charge is -2.06. The molecule has 2 aromatic rings. The smallest absolute Gasteiger partial charge is 0.338 e. The molecule has 7 heteroatoms. The molecule has 2 aromatic carbocycles. The van der Waals surface area contributed by atoms with E-state index in [-0.39, 0.29) is 11.9 Å². The summed E-state index contributed by atoms with van der Waals surface area (Å²) < 4.78 is 15.5. The Labute approximate surface area is 167 Å². The lowest BCUT2D eigenvalue weighted by molar-refractivity contribution is 0.0520. The maximum Gasteiger partial charge on any atom is 0.338 e. The molecule has 0 bridgehead atoms. The fraction of sp³-hybridized carbons (Fsp3) is 0.300. The second kappa shape index (κ2) is 11.6. The first kappa shape index (κ1) is 21.2. The number of hydrogen-bond donors (Lipinski definition) is 0. The highest BCUT2D eigenvalue weighted by Gasteiger charge is 2.08. The molecule has 0 aliphatic rings. The summed E-state index contributed by atoms with van der Waals surface area (Å²) in [5.74, 6) is 1.37. The quantitative estimate of drug-likeness (QED) is 0.329. The van der Waals surface area contributed by atoms with Crippen LogP contribution in [-0.2, 0) is 9.47 Å². The zero-order valence-corrected chi connectivity index (χ0v) is 16.9. The Balaban J connectivity index is 1.52. The van der Waals surface area contributed by atoms with Crippen LogP contribution in [0.1, 0.15) is 26.3 Å². The van der Waals surface area contributed by atoms with E-state index in [1.165, 1.54) is 0 Å². The molecular weight excluding hydrogens is 384 g/mol. The summed E-state index contributed by atoms with van der Waals surface area (Å²) in [5, 5.41) is 0. The molecular formula is C20H22O5S2. The Hall–Kier alpha value is -2.12. The molecule has 0 aliphatic carbocycles. The van der Waals surface area contributed by atoms with Crippen LogP contribution >= 0.6 is 21.6 Å². The predicted molar refractivity (Wildman–Crippen MR) is 110 cm³/mol. The molecule has 0 atom stereocenters. The number of ether oxygens (including phenoxy) is 3. The molecule has 0 fully saturated rings. The van der Waals surface area contributed by atoms with Gasteiger partial charge in [0.25, 0.3) is 0 Å². The van der Waals surface area contributed by atoms with Crippen LogP contribution in [0.5, 0.6) is 5.75 Å². The predicted octanol–water partition coefficient (Wildman–Crippen LogP) is 4.40. The highest BCUT2D eigenvalue weighted by atomic mass is 33.1. The van der Waals surface area contributed by atoms with Crippen molar-refractivity contribution in [3.8, 4) is 5.75 Å². The van der Waals surface area contributed by atoms with Gasteiger partial charge in [0.2, 0.25) is 0 Å². The van der Waals surface area contributed by atoms with Crippen molar-refractivity contribution in [3.63, 3.8) is 0 Å². The Morgan fingerprint density at radius 3 is 1.67 bits per heavy atom. The highest BCUT2D eigenvalue weighted by molar-refractivity contribution is 8.76. The number of methoxy groups -OCH3 is 1. The minimum absolute atomic E-state index is 0.311. The fourth-order valence-electron chi connectivity index (χ4n) is 2.04. The Morgan fingerprint density at radius 1 is 0.778 bits per heavy atom. The van der Waals surface area contributed by atoms with Crippen LogP contribution in [0.15, 0.2) is 48.5 Å². The van der Waals surface area contributed by atoms with Crippen molar-refractivity contribution in [2.24, 2.45) is 0 Å². The number of aryl methyl sites for hydroxylation is 1. The van der Waals surface area contributed by atoms with Crippen LogP contribution in [-0.4, -0.2) is 43.8 Å². The van der Waals surface area contributed by atoms with Gasteiger partial charge < -0.3 is 14.2 Å². The summed E-state index contributed by atoms with van der Waals surface area (Å²) >= 11 is 0. The van der Waals surface area contributed by atoms with E-state index in [9.17, 15) is 9.59 Å². The zero-order valence-electron chi connectivity index (χ0n) is 15.3. The molecule has 27 heavy (non-hydrogen) atoms. The first-order valence-corrected chi connectivity index (χ1v) is 10.9. The highest BCUT2D eigenvalue weighted by Crippen LogP contribution is 2.21. The van der Waals surface area contributed by atoms with Gasteiger partial charge in [-0.2, -0.15) is 0 Å². The molecule has 144 valence electrons. The van der Waals surface area contributed by atoms with Gasteiger partial charge in [0, 0.05) is 11.5 Å². The van der Waals surface area contributed by atoms with Gasteiger partial charge in [0.15, 0.2) is 0 Å². The second-order valence-corrected chi connectivity index (χ2v) is 8.21. The number of rotatable bonds is 10. The van der Waals surface area contributed by atoms with Gasteiger partial charge in [-0.15, -0.1) is 0 Å². The van der Waals surface area contributed by atoms with Crippen molar-refractivity contribution in [3.05, 3.63) is 65.2 Å². The van der Waals surface area contributed by atoms with Gasteiger partial charge in [-0.25, -0.2) is 9.59 Å². The van der Waals surface area contributed by atoms with Crippen LogP contribution in [0, 0.1) is 6.92 Å². The van der Waals surface area contributed by atoms with Gasteiger partial charge in [-0.05, 0) is 43.3 Å². The van der Waals surface area contributed by atoms with Crippen LogP contribution in [0.2, 0.25) is 0 Å². The summed E-state index contributed by atoms with van der Waals surface area (Å²) in [6.07, 6.45) is 0. The Kier molecular flexibility index (Phi) is 9.07. The Morgan fingerprint density at radius 2 is 1.22 bits per heavy atom. The average Bonchev–Trinajstić information content (AvgIpc) is 2.70. The van der Waals surface area contributed by atoms with E-state index in [0.29, 0.717) is 41.6 Å². The van der Waals surface area contributed by atoms with E-state index in [2.05, 4.69) is 0 Å². The molecule has 0 spiro atoms. The van der Waals surface area contributed by atoms with Gasteiger partial charge in [0.05, 0.1) is 18.2 Å². The minimum atomic E-state index is -0.352. The van der Waals surface area contributed by atoms with Crippen molar-refractivity contribution < 1.29 is 23.8 Å². The molecule has 0 heterocycles. The first-order valence-electron chi connectivity index (χ1n) is 8.39. The van der Waals surface area contributed by atoms with E-state index in [1.807, 2.05) is 19.1 Å². The molecule has 0 aliphatic heterocycles. The van der Waals surface area contributed by atoms with Gasteiger partial charge in [-0.1, -0.05) is 39.3 Å². The van der Waals surface area contributed by atoms with Crippen LogP contribution in [0.3, 0.4) is 0 Å². The molecule has 0 aromatic heterocycles. The summed E-state index contributed by atoms with van der Waals surface area (Å²) in [6, 6.07) is 14.1. The molecule has 0 amide bonds. The van der Waals surface area contributed by atoms with E-state index < -0.39 is 0 Å². The molecule has 5 nitrogen and oxygen atoms in total. The molecule has 0 saturated carbocycles.